The zero-order chi connectivity index (χ0) is 10.8. The van der Waals surface area contributed by atoms with Crippen LogP contribution < -0.4 is 5.32 Å². The van der Waals surface area contributed by atoms with Crippen molar-refractivity contribution in [2.75, 3.05) is 11.5 Å². The molecule has 0 aromatic heterocycles. The second kappa shape index (κ2) is 4.18. The van der Waals surface area contributed by atoms with Gasteiger partial charge in [0.1, 0.15) is 11.6 Å². The minimum Gasteiger partial charge on any atom is -0.348 e. The van der Waals surface area contributed by atoms with E-state index in [0.29, 0.717) is 17.1 Å². The summed E-state index contributed by atoms with van der Waals surface area (Å²) in [7, 11) is 0. The minimum atomic E-state index is -0.616. The minimum absolute atomic E-state index is 0.0964. The Labute approximate surface area is 90.1 Å². The highest BCUT2D eigenvalue weighted by atomic mass is 32.2. The molecule has 2 nitrogen and oxygen atoms in total. The van der Waals surface area contributed by atoms with Crippen LogP contribution in [0, 0.1) is 11.6 Å². The topological polar surface area (TPSA) is 29.1 Å². The van der Waals surface area contributed by atoms with E-state index in [1.807, 2.05) is 0 Å². The van der Waals surface area contributed by atoms with Gasteiger partial charge >= 0.3 is 0 Å². The lowest BCUT2D eigenvalue weighted by Gasteiger charge is -2.23. The number of hydrogen-bond acceptors (Lipinski definition) is 2. The molecule has 1 aromatic carbocycles. The summed E-state index contributed by atoms with van der Waals surface area (Å²) >= 11 is 1.46. The standard InChI is InChI=1S/C10H9F2NOS/c11-7-1-6(2-8(12)3-7)9-4-15-5-10(14)13-9/h1-3,9H,4-5H2,(H,13,14)/t9-/m0/s1. The van der Waals surface area contributed by atoms with Gasteiger partial charge in [0.25, 0.3) is 0 Å². The quantitative estimate of drug-likeness (QED) is 0.796. The third-order valence-electron chi connectivity index (χ3n) is 2.14. The lowest BCUT2D eigenvalue weighted by molar-refractivity contribution is -0.119. The van der Waals surface area contributed by atoms with Crippen LogP contribution in [-0.2, 0) is 4.79 Å². The van der Waals surface area contributed by atoms with E-state index in [9.17, 15) is 13.6 Å². The molecule has 0 aliphatic carbocycles. The van der Waals surface area contributed by atoms with E-state index in [1.165, 1.54) is 23.9 Å². The van der Waals surface area contributed by atoms with Crippen LogP contribution in [0.2, 0.25) is 0 Å². The molecular weight excluding hydrogens is 220 g/mol. The molecule has 1 N–H and O–H groups in total. The molecule has 80 valence electrons. The van der Waals surface area contributed by atoms with E-state index < -0.39 is 11.6 Å². The van der Waals surface area contributed by atoms with E-state index in [2.05, 4.69) is 5.32 Å². The lowest BCUT2D eigenvalue weighted by atomic mass is 10.1. The van der Waals surface area contributed by atoms with Gasteiger partial charge < -0.3 is 5.32 Å². The second-order valence-corrected chi connectivity index (χ2v) is 4.37. The van der Waals surface area contributed by atoms with Crippen LogP contribution in [0.15, 0.2) is 18.2 Å². The van der Waals surface area contributed by atoms with Gasteiger partial charge in [-0.15, -0.1) is 11.8 Å². The average Bonchev–Trinajstić information content (AvgIpc) is 2.16. The fourth-order valence-electron chi connectivity index (χ4n) is 1.50. The number of hydrogen-bond donors (Lipinski definition) is 1. The number of carbonyl (C=O) groups is 1. The molecule has 0 bridgehead atoms. The first-order chi connectivity index (χ1) is 7.15. The average molecular weight is 229 g/mol. The number of rotatable bonds is 1. The summed E-state index contributed by atoms with van der Waals surface area (Å²) in [4.78, 5) is 11.1. The molecule has 2 rings (SSSR count). The van der Waals surface area contributed by atoms with Gasteiger partial charge in [0, 0.05) is 11.8 Å². The second-order valence-electron chi connectivity index (χ2n) is 3.34. The van der Waals surface area contributed by atoms with Crippen molar-refractivity contribution in [3.8, 4) is 0 Å². The Morgan fingerprint density at radius 2 is 1.93 bits per heavy atom. The van der Waals surface area contributed by atoms with Gasteiger partial charge in [-0.2, -0.15) is 0 Å². The Balaban J connectivity index is 2.24. The van der Waals surface area contributed by atoms with Crippen LogP contribution in [0.5, 0.6) is 0 Å². The van der Waals surface area contributed by atoms with Crippen molar-refractivity contribution < 1.29 is 13.6 Å². The van der Waals surface area contributed by atoms with Crippen molar-refractivity contribution in [1.29, 1.82) is 0 Å². The van der Waals surface area contributed by atoms with Crippen molar-refractivity contribution >= 4 is 17.7 Å². The summed E-state index contributed by atoms with van der Waals surface area (Å²) in [6, 6.07) is 3.03. The predicted molar refractivity (Wildman–Crippen MR) is 54.6 cm³/mol. The number of thioether (sulfide) groups is 1. The largest absolute Gasteiger partial charge is 0.348 e. The first-order valence-corrected chi connectivity index (χ1v) is 5.64. The Hall–Kier alpha value is -1.10. The summed E-state index contributed by atoms with van der Waals surface area (Å²) < 4.78 is 25.8. The monoisotopic (exact) mass is 229 g/mol. The maximum Gasteiger partial charge on any atom is 0.230 e. The Kier molecular flexibility index (Phi) is 2.90. The number of benzene rings is 1. The SMILES string of the molecule is O=C1CSC[C@@H](c2cc(F)cc(F)c2)N1. The van der Waals surface area contributed by atoms with Crippen LogP contribution in [0.25, 0.3) is 0 Å². The Bertz CT molecular complexity index is 377. The summed E-state index contributed by atoms with van der Waals surface area (Å²) in [6.07, 6.45) is 0. The maximum absolute atomic E-state index is 12.9. The molecular formula is C10H9F2NOS. The number of amides is 1. The van der Waals surface area contributed by atoms with Crippen molar-refractivity contribution in [3.63, 3.8) is 0 Å². The van der Waals surface area contributed by atoms with E-state index in [-0.39, 0.29) is 11.9 Å². The van der Waals surface area contributed by atoms with E-state index >= 15 is 0 Å². The molecule has 15 heavy (non-hydrogen) atoms. The normalized spacial score (nSPS) is 21.2. The smallest absolute Gasteiger partial charge is 0.230 e. The first-order valence-electron chi connectivity index (χ1n) is 4.48. The molecule has 1 saturated heterocycles. The van der Waals surface area contributed by atoms with Gasteiger partial charge in [0.15, 0.2) is 0 Å². The molecule has 0 radical (unpaired) electrons. The summed E-state index contributed by atoms with van der Waals surface area (Å²) in [5.41, 5.74) is 0.480. The van der Waals surface area contributed by atoms with Crippen LogP contribution in [0.4, 0.5) is 8.78 Å². The number of halogens is 2. The Morgan fingerprint density at radius 1 is 1.27 bits per heavy atom. The molecule has 1 fully saturated rings. The van der Waals surface area contributed by atoms with Gasteiger partial charge in [0.2, 0.25) is 5.91 Å². The molecule has 1 aliphatic heterocycles. The first kappa shape index (κ1) is 10.4. The van der Waals surface area contributed by atoms with Crippen molar-refractivity contribution in [2.45, 2.75) is 6.04 Å². The fraction of sp³-hybridized carbons (Fsp3) is 0.300. The van der Waals surface area contributed by atoms with E-state index in [4.69, 9.17) is 0 Å². The maximum atomic E-state index is 12.9. The molecule has 0 saturated carbocycles. The van der Waals surface area contributed by atoms with E-state index in [0.717, 1.165) is 6.07 Å². The van der Waals surface area contributed by atoms with Crippen molar-refractivity contribution in [3.05, 3.63) is 35.4 Å². The number of carbonyl (C=O) groups excluding carboxylic acids is 1. The summed E-state index contributed by atoms with van der Waals surface area (Å²) in [6.45, 7) is 0. The molecule has 1 heterocycles. The van der Waals surface area contributed by atoms with E-state index in [1.54, 1.807) is 0 Å². The third kappa shape index (κ3) is 2.47. The lowest BCUT2D eigenvalue weighted by Crippen LogP contribution is -2.35. The Morgan fingerprint density at radius 3 is 2.53 bits per heavy atom. The highest BCUT2D eigenvalue weighted by Gasteiger charge is 2.20. The van der Waals surface area contributed by atoms with Crippen LogP contribution >= 0.6 is 11.8 Å². The van der Waals surface area contributed by atoms with Crippen molar-refractivity contribution in [1.82, 2.24) is 5.32 Å². The molecule has 1 aliphatic rings. The summed E-state index contributed by atoms with van der Waals surface area (Å²) in [5.74, 6) is -0.270. The number of nitrogens with one attached hydrogen (secondary N) is 1. The molecule has 1 atom stereocenters. The van der Waals surface area contributed by atoms with Gasteiger partial charge in [-0.3, -0.25) is 4.79 Å². The highest BCUT2D eigenvalue weighted by Crippen LogP contribution is 2.23. The van der Waals surface area contributed by atoms with Crippen LogP contribution in [0.3, 0.4) is 0 Å². The molecule has 0 spiro atoms. The van der Waals surface area contributed by atoms with Gasteiger partial charge in [0.05, 0.1) is 11.8 Å². The van der Waals surface area contributed by atoms with Gasteiger partial charge in [-0.1, -0.05) is 0 Å². The molecule has 5 heteroatoms. The molecule has 1 amide bonds. The molecule has 1 aromatic rings. The third-order valence-corrected chi connectivity index (χ3v) is 3.18. The predicted octanol–water partition coefficient (Wildman–Crippen LogP) is 1.87. The van der Waals surface area contributed by atoms with Crippen LogP contribution in [0.1, 0.15) is 11.6 Å². The van der Waals surface area contributed by atoms with Gasteiger partial charge in [-0.25, -0.2) is 8.78 Å². The van der Waals surface area contributed by atoms with Crippen molar-refractivity contribution in [2.24, 2.45) is 0 Å². The van der Waals surface area contributed by atoms with Crippen LogP contribution in [-0.4, -0.2) is 17.4 Å². The highest BCUT2D eigenvalue weighted by molar-refractivity contribution is 8.00. The van der Waals surface area contributed by atoms with Gasteiger partial charge in [-0.05, 0) is 17.7 Å². The zero-order valence-electron chi connectivity index (χ0n) is 7.80. The summed E-state index contributed by atoms with van der Waals surface area (Å²) in [5, 5.41) is 2.69. The fourth-order valence-corrected chi connectivity index (χ4v) is 2.40. The zero-order valence-corrected chi connectivity index (χ0v) is 8.61. The molecule has 0 unspecified atom stereocenters.